The lowest BCUT2D eigenvalue weighted by atomic mass is 10.1. The summed E-state index contributed by atoms with van der Waals surface area (Å²) in [6.45, 7) is 4.13. The molecule has 0 aliphatic carbocycles. The minimum Gasteiger partial charge on any atom is -0.392 e. The van der Waals surface area contributed by atoms with Crippen LogP contribution in [0.15, 0.2) is 42.0 Å². The van der Waals surface area contributed by atoms with Gasteiger partial charge in [-0.25, -0.2) is 4.98 Å². The molecule has 0 saturated carbocycles. The molecule has 0 bridgehead atoms. The molecular formula is C16H18N2O. The molecule has 2 heterocycles. The summed E-state index contributed by atoms with van der Waals surface area (Å²) in [6.07, 6.45) is 3.35. The fourth-order valence-electron chi connectivity index (χ4n) is 2.63. The van der Waals surface area contributed by atoms with Crippen LogP contribution in [0.4, 0.5) is 5.82 Å². The molecule has 19 heavy (non-hydrogen) atoms. The van der Waals surface area contributed by atoms with Crippen molar-refractivity contribution in [3.05, 3.63) is 47.5 Å². The van der Waals surface area contributed by atoms with Crippen LogP contribution >= 0.6 is 0 Å². The van der Waals surface area contributed by atoms with Crippen molar-refractivity contribution in [3.8, 4) is 0 Å². The van der Waals surface area contributed by atoms with Gasteiger partial charge in [0, 0.05) is 18.5 Å². The lowest BCUT2D eigenvalue weighted by Gasteiger charge is -2.28. The summed E-state index contributed by atoms with van der Waals surface area (Å²) >= 11 is 0. The summed E-state index contributed by atoms with van der Waals surface area (Å²) in [5.74, 6) is 0.968. The first-order chi connectivity index (χ1) is 9.28. The molecule has 1 aliphatic rings. The van der Waals surface area contributed by atoms with Crippen molar-refractivity contribution in [1.29, 1.82) is 0 Å². The van der Waals surface area contributed by atoms with Gasteiger partial charge in [-0.2, -0.15) is 0 Å². The van der Waals surface area contributed by atoms with Crippen LogP contribution in [0, 0.1) is 0 Å². The molecule has 0 radical (unpaired) electrons. The average Bonchev–Trinajstić information content (AvgIpc) is 2.46. The molecule has 0 atom stereocenters. The van der Waals surface area contributed by atoms with Crippen LogP contribution in [0.5, 0.6) is 0 Å². The van der Waals surface area contributed by atoms with Crippen molar-refractivity contribution in [2.75, 3.05) is 18.0 Å². The average molecular weight is 254 g/mol. The number of hydrogen-bond acceptors (Lipinski definition) is 3. The van der Waals surface area contributed by atoms with Crippen LogP contribution in [0.1, 0.15) is 18.9 Å². The maximum Gasteiger partial charge on any atom is 0.129 e. The zero-order valence-electron chi connectivity index (χ0n) is 11.1. The van der Waals surface area contributed by atoms with Crippen molar-refractivity contribution in [1.82, 2.24) is 4.98 Å². The Morgan fingerprint density at radius 3 is 2.95 bits per heavy atom. The van der Waals surface area contributed by atoms with Gasteiger partial charge in [0.2, 0.25) is 0 Å². The van der Waals surface area contributed by atoms with Crippen LogP contribution < -0.4 is 4.90 Å². The van der Waals surface area contributed by atoms with E-state index in [2.05, 4.69) is 17.9 Å². The minimum atomic E-state index is 0.0543. The van der Waals surface area contributed by atoms with Crippen molar-refractivity contribution in [2.45, 2.75) is 20.0 Å². The number of nitrogens with zero attached hydrogens (tertiary/aromatic N) is 2. The van der Waals surface area contributed by atoms with Crippen LogP contribution in [-0.4, -0.2) is 23.2 Å². The van der Waals surface area contributed by atoms with Gasteiger partial charge in [0.1, 0.15) is 5.82 Å². The maximum absolute atomic E-state index is 9.55. The van der Waals surface area contributed by atoms with E-state index in [4.69, 9.17) is 4.98 Å². The highest BCUT2D eigenvalue weighted by Crippen LogP contribution is 2.25. The van der Waals surface area contributed by atoms with Gasteiger partial charge in [-0.05, 0) is 31.0 Å². The molecule has 0 fully saturated rings. The molecule has 98 valence electrons. The third kappa shape index (κ3) is 2.34. The van der Waals surface area contributed by atoms with E-state index in [0.717, 1.165) is 41.8 Å². The molecular weight excluding hydrogens is 236 g/mol. The van der Waals surface area contributed by atoms with Gasteiger partial charge in [0.25, 0.3) is 0 Å². The molecule has 1 N–H and O–H groups in total. The number of benzene rings is 1. The predicted molar refractivity (Wildman–Crippen MR) is 78.3 cm³/mol. The van der Waals surface area contributed by atoms with Crippen LogP contribution in [-0.2, 0) is 6.61 Å². The Balaban J connectivity index is 2.07. The van der Waals surface area contributed by atoms with Crippen molar-refractivity contribution in [2.24, 2.45) is 0 Å². The number of para-hydroxylation sites is 1. The van der Waals surface area contributed by atoms with Crippen LogP contribution in [0.3, 0.4) is 0 Å². The first kappa shape index (κ1) is 12.2. The summed E-state index contributed by atoms with van der Waals surface area (Å²) in [4.78, 5) is 7.01. The maximum atomic E-state index is 9.55. The Morgan fingerprint density at radius 2 is 2.16 bits per heavy atom. The molecule has 0 spiro atoms. The van der Waals surface area contributed by atoms with Gasteiger partial charge in [0.05, 0.1) is 12.1 Å². The fraction of sp³-hybridized carbons (Fsp3) is 0.312. The van der Waals surface area contributed by atoms with Crippen LogP contribution in [0.2, 0.25) is 0 Å². The van der Waals surface area contributed by atoms with E-state index < -0.39 is 0 Å². The fourth-order valence-corrected chi connectivity index (χ4v) is 2.63. The minimum absolute atomic E-state index is 0.0543. The largest absolute Gasteiger partial charge is 0.392 e. The van der Waals surface area contributed by atoms with Crippen molar-refractivity contribution < 1.29 is 5.11 Å². The quantitative estimate of drug-likeness (QED) is 0.837. The second-order valence-corrected chi connectivity index (χ2v) is 5.08. The Labute approximate surface area is 113 Å². The molecule has 3 nitrogen and oxygen atoms in total. The molecule has 3 heteroatoms. The smallest absolute Gasteiger partial charge is 0.129 e. The Morgan fingerprint density at radius 1 is 1.32 bits per heavy atom. The van der Waals surface area contributed by atoms with Gasteiger partial charge >= 0.3 is 0 Å². The first-order valence-electron chi connectivity index (χ1n) is 6.68. The van der Waals surface area contributed by atoms with Crippen LogP contribution in [0.25, 0.3) is 10.9 Å². The molecule has 1 aliphatic heterocycles. The number of aromatic nitrogens is 1. The normalized spacial score (nSPS) is 15.7. The zero-order chi connectivity index (χ0) is 13.2. The highest BCUT2D eigenvalue weighted by atomic mass is 16.3. The van der Waals surface area contributed by atoms with Gasteiger partial charge < -0.3 is 10.0 Å². The molecule has 1 aromatic carbocycles. The number of aliphatic hydroxyl groups is 1. The summed E-state index contributed by atoms with van der Waals surface area (Å²) < 4.78 is 0. The third-order valence-electron chi connectivity index (χ3n) is 3.61. The van der Waals surface area contributed by atoms with E-state index >= 15 is 0 Å². The molecule has 3 rings (SSSR count). The topological polar surface area (TPSA) is 36.4 Å². The highest BCUT2D eigenvalue weighted by Gasteiger charge is 2.14. The first-order valence-corrected chi connectivity index (χ1v) is 6.68. The number of rotatable bonds is 2. The van der Waals surface area contributed by atoms with Gasteiger partial charge in [-0.15, -0.1) is 0 Å². The molecule has 1 aromatic heterocycles. The zero-order valence-corrected chi connectivity index (χ0v) is 11.1. The standard InChI is InChI=1S/C16H18N2O/c1-12-5-4-8-18(10-12)16-9-13(11-19)14-6-2-3-7-15(14)17-16/h2-3,5-7,9,19H,4,8,10-11H2,1H3. The van der Waals surface area contributed by atoms with Gasteiger partial charge in [0.15, 0.2) is 0 Å². The van der Waals surface area contributed by atoms with E-state index in [1.54, 1.807) is 0 Å². The molecule has 2 aromatic rings. The second-order valence-electron chi connectivity index (χ2n) is 5.08. The number of anilines is 1. The lowest BCUT2D eigenvalue weighted by molar-refractivity contribution is 0.283. The monoisotopic (exact) mass is 254 g/mol. The third-order valence-corrected chi connectivity index (χ3v) is 3.61. The Bertz CT molecular complexity index is 634. The second kappa shape index (κ2) is 5.02. The number of fused-ring (bicyclic) bond motifs is 1. The van der Waals surface area contributed by atoms with E-state index in [0.29, 0.717) is 0 Å². The number of hydrogen-bond donors (Lipinski definition) is 1. The summed E-state index contributed by atoms with van der Waals surface area (Å²) in [5, 5.41) is 10.6. The number of pyridine rings is 1. The molecule has 0 saturated heterocycles. The van der Waals surface area contributed by atoms with Gasteiger partial charge in [-0.1, -0.05) is 29.8 Å². The van der Waals surface area contributed by atoms with E-state index in [1.165, 1.54) is 5.57 Å². The van der Waals surface area contributed by atoms with E-state index in [9.17, 15) is 5.11 Å². The summed E-state index contributed by atoms with van der Waals surface area (Å²) in [5.41, 5.74) is 3.29. The summed E-state index contributed by atoms with van der Waals surface area (Å²) in [7, 11) is 0. The SMILES string of the molecule is CC1=CCCN(c2cc(CO)c3ccccc3n2)C1. The molecule has 0 unspecified atom stereocenters. The highest BCUT2D eigenvalue weighted by molar-refractivity contribution is 5.84. The number of aliphatic hydroxyl groups excluding tert-OH is 1. The lowest BCUT2D eigenvalue weighted by Crippen LogP contribution is -2.30. The Hall–Kier alpha value is -1.87. The molecule has 0 amide bonds. The predicted octanol–water partition coefficient (Wildman–Crippen LogP) is 2.88. The Kier molecular flexibility index (Phi) is 3.22. The van der Waals surface area contributed by atoms with Crippen molar-refractivity contribution in [3.63, 3.8) is 0 Å². The van der Waals surface area contributed by atoms with E-state index in [-0.39, 0.29) is 6.61 Å². The van der Waals surface area contributed by atoms with E-state index in [1.807, 2.05) is 30.3 Å². The van der Waals surface area contributed by atoms with Gasteiger partial charge in [-0.3, -0.25) is 0 Å². The summed E-state index contributed by atoms with van der Waals surface area (Å²) in [6, 6.07) is 10.0. The van der Waals surface area contributed by atoms with Crippen molar-refractivity contribution >= 4 is 16.7 Å².